The smallest absolute Gasteiger partial charge is 0.231 e. The molecule has 0 bridgehead atoms. The molecule has 6 heteroatoms. The molecule has 0 aromatic carbocycles. The Bertz CT molecular complexity index is 450. The molecule has 0 saturated carbocycles. The fourth-order valence-corrected chi connectivity index (χ4v) is 2.17. The van der Waals surface area contributed by atoms with Crippen LogP contribution in [0.4, 0.5) is 11.5 Å². The monoisotopic (exact) mass is 264 g/mol. The maximum Gasteiger partial charge on any atom is 0.231 e. The van der Waals surface area contributed by atoms with Gasteiger partial charge in [0, 0.05) is 26.3 Å². The number of carbonyl (C=O) groups excluding carboxylic acids is 1. The van der Waals surface area contributed by atoms with E-state index in [2.05, 4.69) is 15.6 Å². The molecule has 1 aliphatic rings. The van der Waals surface area contributed by atoms with E-state index in [0.29, 0.717) is 13.2 Å². The second-order valence-electron chi connectivity index (χ2n) is 4.80. The van der Waals surface area contributed by atoms with Crippen molar-refractivity contribution in [1.29, 1.82) is 0 Å². The van der Waals surface area contributed by atoms with Crippen molar-refractivity contribution in [3.05, 3.63) is 18.3 Å². The molecule has 2 unspecified atom stereocenters. The quantitative estimate of drug-likeness (QED) is 0.820. The Hall–Kier alpha value is -1.66. The summed E-state index contributed by atoms with van der Waals surface area (Å²) in [5.41, 5.74) is 0.722. The Labute approximate surface area is 113 Å². The summed E-state index contributed by atoms with van der Waals surface area (Å²) in [6.07, 6.45) is 1.71. The molecule has 0 spiro atoms. The normalized spacial score (nSPS) is 22.3. The van der Waals surface area contributed by atoms with Crippen LogP contribution in [0.25, 0.3) is 0 Å². The van der Waals surface area contributed by atoms with Crippen LogP contribution in [0.5, 0.6) is 0 Å². The Kier molecular flexibility index (Phi) is 4.34. The number of amides is 1. The van der Waals surface area contributed by atoms with Gasteiger partial charge in [0.1, 0.15) is 0 Å². The van der Waals surface area contributed by atoms with Gasteiger partial charge < -0.3 is 20.3 Å². The van der Waals surface area contributed by atoms with Crippen molar-refractivity contribution in [3.8, 4) is 0 Å². The average molecular weight is 264 g/mol. The van der Waals surface area contributed by atoms with Crippen LogP contribution in [-0.4, -0.2) is 51.3 Å². The third-order valence-corrected chi connectivity index (χ3v) is 3.26. The molecule has 1 aromatic rings. The van der Waals surface area contributed by atoms with Gasteiger partial charge in [0.15, 0.2) is 5.82 Å². The summed E-state index contributed by atoms with van der Waals surface area (Å²) in [5.74, 6) is 0.545. The number of likely N-dealkylation sites (N-methyl/N-ethyl adjacent to an activating group) is 1. The van der Waals surface area contributed by atoms with E-state index in [9.17, 15) is 4.79 Å². The molecule has 2 atom stereocenters. The van der Waals surface area contributed by atoms with Gasteiger partial charge in [-0.2, -0.15) is 0 Å². The number of hydrogen-bond donors (Lipinski definition) is 2. The lowest BCUT2D eigenvalue weighted by Crippen LogP contribution is -2.39. The Balaban J connectivity index is 2.11. The fourth-order valence-electron chi connectivity index (χ4n) is 2.17. The molecule has 1 amide bonds. The van der Waals surface area contributed by atoms with Crippen LogP contribution >= 0.6 is 0 Å². The van der Waals surface area contributed by atoms with Crippen molar-refractivity contribution < 1.29 is 9.53 Å². The van der Waals surface area contributed by atoms with Gasteiger partial charge in [-0.25, -0.2) is 4.98 Å². The van der Waals surface area contributed by atoms with Gasteiger partial charge in [-0.05, 0) is 19.2 Å². The number of aromatic nitrogens is 1. The van der Waals surface area contributed by atoms with Gasteiger partial charge in [0.25, 0.3) is 0 Å². The summed E-state index contributed by atoms with van der Waals surface area (Å²) in [6.45, 7) is 1.02. The molecule has 2 heterocycles. The van der Waals surface area contributed by atoms with Crippen LogP contribution in [0.15, 0.2) is 18.3 Å². The third kappa shape index (κ3) is 3.02. The zero-order valence-electron chi connectivity index (χ0n) is 11.5. The highest BCUT2D eigenvalue weighted by atomic mass is 16.5. The second-order valence-corrected chi connectivity index (χ2v) is 4.80. The van der Waals surface area contributed by atoms with Gasteiger partial charge in [0.05, 0.1) is 24.8 Å². The van der Waals surface area contributed by atoms with E-state index >= 15 is 0 Å². The molecule has 0 aliphatic carbocycles. The number of nitrogens with one attached hydrogen (secondary N) is 2. The first-order chi connectivity index (χ1) is 9.13. The summed E-state index contributed by atoms with van der Waals surface area (Å²) in [4.78, 5) is 18.4. The van der Waals surface area contributed by atoms with E-state index in [4.69, 9.17) is 4.74 Å². The van der Waals surface area contributed by atoms with Crippen LogP contribution in [-0.2, 0) is 9.53 Å². The van der Waals surface area contributed by atoms with E-state index in [-0.39, 0.29) is 17.9 Å². The first kappa shape index (κ1) is 13.8. The molecular weight excluding hydrogens is 244 g/mol. The van der Waals surface area contributed by atoms with E-state index in [1.165, 1.54) is 0 Å². The first-order valence-corrected chi connectivity index (χ1v) is 6.31. The van der Waals surface area contributed by atoms with Crippen LogP contribution in [0.3, 0.4) is 0 Å². The highest BCUT2D eigenvalue weighted by Gasteiger charge is 2.33. The first-order valence-electron chi connectivity index (χ1n) is 6.31. The van der Waals surface area contributed by atoms with Crippen molar-refractivity contribution in [2.24, 2.45) is 5.92 Å². The summed E-state index contributed by atoms with van der Waals surface area (Å²) >= 11 is 0. The largest absolute Gasteiger partial charge is 0.379 e. The van der Waals surface area contributed by atoms with Gasteiger partial charge in [0.2, 0.25) is 5.91 Å². The Morgan fingerprint density at radius 1 is 1.47 bits per heavy atom. The molecule has 1 aliphatic heterocycles. The van der Waals surface area contributed by atoms with Gasteiger partial charge >= 0.3 is 0 Å². The SMILES string of the molecule is CNC1COCC1C(=O)Nc1cccnc1N(C)C. The topological polar surface area (TPSA) is 66.5 Å². The molecule has 1 saturated heterocycles. The van der Waals surface area contributed by atoms with Crippen LogP contribution in [0.1, 0.15) is 0 Å². The lowest BCUT2D eigenvalue weighted by Gasteiger charge is -2.19. The minimum Gasteiger partial charge on any atom is -0.379 e. The molecule has 2 rings (SSSR count). The summed E-state index contributed by atoms with van der Waals surface area (Å²) in [7, 11) is 5.63. The van der Waals surface area contributed by atoms with Crippen molar-refractivity contribution in [2.75, 3.05) is 44.6 Å². The molecule has 1 fully saturated rings. The molecule has 0 radical (unpaired) electrons. The summed E-state index contributed by atoms with van der Waals surface area (Å²) < 4.78 is 5.35. The zero-order chi connectivity index (χ0) is 13.8. The van der Waals surface area contributed by atoms with Gasteiger partial charge in [-0.15, -0.1) is 0 Å². The van der Waals surface area contributed by atoms with E-state index < -0.39 is 0 Å². The van der Waals surface area contributed by atoms with E-state index in [0.717, 1.165) is 11.5 Å². The minimum atomic E-state index is -0.166. The molecule has 104 valence electrons. The number of nitrogens with zero attached hydrogens (tertiary/aromatic N) is 2. The van der Waals surface area contributed by atoms with Gasteiger partial charge in [-0.3, -0.25) is 4.79 Å². The van der Waals surface area contributed by atoms with Crippen molar-refractivity contribution in [2.45, 2.75) is 6.04 Å². The zero-order valence-corrected chi connectivity index (χ0v) is 11.5. The Morgan fingerprint density at radius 2 is 2.26 bits per heavy atom. The van der Waals surface area contributed by atoms with Crippen LogP contribution < -0.4 is 15.5 Å². The number of pyridine rings is 1. The number of carbonyl (C=O) groups is 1. The van der Waals surface area contributed by atoms with Crippen LogP contribution in [0, 0.1) is 5.92 Å². The molecule has 2 N–H and O–H groups in total. The number of ether oxygens (including phenoxy) is 1. The second kappa shape index (κ2) is 5.99. The number of rotatable bonds is 4. The summed E-state index contributed by atoms with van der Waals surface area (Å²) in [5, 5.41) is 6.04. The maximum absolute atomic E-state index is 12.3. The van der Waals surface area contributed by atoms with Crippen molar-refractivity contribution in [3.63, 3.8) is 0 Å². The molecular formula is C13H20N4O2. The highest BCUT2D eigenvalue weighted by Crippen LogP contribution is 2.22. The average Bonchev–Trinajstić information content (AvgIpc) is 2.87. The van der Waals surface area contributed by atoms with E-state index in [1.54, 1.807) is 6.20 Å². The minimum absolute atomic E-state index is 0.0343. The molecule has 19 heavy (non-hydrogen) atoms. The Morgan fingerprint density at radius 3 is 2.95 bits per heavy atom. The fraction of sp³-hybridized carbons (Fsp3) is 0.538. The standard InChI is InChI=1S/C13H20N4O2/c1-14-11-8-19-7-9(11)13(18)16-10-5-4-6-15-12(10)17(2)3/h4-6,9,11,14H,7-8H2,1-3H3,(H,16,18). The molecule has 1 aromatic heterocycles. The molecule has 6 nitrogen and oxygen atoms in total. The highest BCUT2D eigenvalue weighted by molar-refractivity contribution is 5.95. The predicted octanol–water partition coefficient (Wildman–Crippen LogP) is 0.320. The third-order valence-electron chi connectivity index (χ3n) is 3.26. The predicted molar refractivity (Wildman–Crippen MR) is 74.4 cm³/mol. The number of anilines is 2. The van der Waals surface area contributed by atoms with Gasteiger partial charge in [-0.1, -0.05) is 0 Å². The lowest BCUT2D eigenvalue weighted by molar-refractivity contribution is -0.120. The van der Waals surface area contributed by atoms with Crippen molar-refractivity contribution in [1.82, 2.24) is 10.3 Å². The van der Waals surface area contributed by atoms with Crippen LogP contribution in [0.2, 0.25) is 0 Å². The maximum atomic E-state index is 12.3. The number of hydrogen-bond acceptors (Lipinski definition) is 5. The lowest BCUT2D eigenvalue weighted by atomic mass is 10.0. The van der Waals surface area contributed by atoms with Crippen molar-refractivity contribution >= 4 is 17.4 Å². The summed E-state index contributed by atoms with van der Waals surface area (Å²) in [6, 6.07) is 3.73. The van der Waals surface area contributed by atoms with E-state index in [1.807, 2.05) is 38.2 Å².